The highest BCUT2D eigenvalue weighted by atomic mass is 16.5. The van der Waals surface area contributed by atoms with E-state index in [1.54, 1.807) is 26.9 Å². The summed E-state index contributed by atoms with van der Waals surface area (Å²) in [5.74, 6) is -2.53. The standard InChI is InChI=1S/C39H43N3O5/c1-5-22-40(29-18-11-8-12-19-29)36(44)32-31-20-21-39(47-31)33(32)37(45)42(30(25-43)24-28-16-9-7-10-17-28)35(39)38(46)41(23-6-2)34-26(3)14-13-15-27(34)4/h5-19,30-33,35,43H,1-2,20-25H2,3-4H3/t30-,31-,32+,33+,35?,39?/m1/s1. The molecule has 0 aromatic heterocycles. The Hall–Kier alpha value is -4.53. The first-order chi connectivity index (χ1) is 22.8. The van der Waals surface area contributed by atoms with Gasteiger partial charge in [-0.05, 0) is 61.9 Å². The van der Waals surface area contributed by atoms with Gasteiger partial charge in [-0.15, -0.1) is 13.2 Å². The zero-order valence-electron chi connectivity index (χ0n) is 27.1. The Bertz CT molecular complexity index is 1640. The number of anilines is 2. The first kappa shape index (κ1) is 32.4. The van der Waals surface area contributed by atoms with Crippen molar-refractivity contribution in [1.82, 2.24) is 4.90 Å². The summed E-state index contributed by atoms with van der Waals surface area (Å²) in [6.07, 6.45) is 4.18. The third-order valence-corrected chi connectivity index (χ3v) is 10.1. The van der Waals surface area contributed by atoms with Gasteiger partial charge in [-0.1, -0.05) is 78.9 Å². The summed E-state index contributed by atoms with van der Waals surface area (Å²) in [6, 6.07) is 23.1. The van der Waals surface area contributed by atoms with E-state index < -0.39 is 35.6 Å². The SMILES string of the molecule is C=CCN(C(=O)[C@@H]1[C@H]2C(=O)N([C@@H](CO)Cc3ccccc3)C(C(=O)N(CC=C)c3c(C)cccc3C)C23CC[C@H]1O3)c1ccccc1. The summed E-state index contributed by atoms with van der Waals surface area (Å²) in [6.45, 7) is 11.9. The number of aliphatic hydroxyl groups is 1. The molecule has 244 valence electrons. The topological polar surface area (TPSA) is 90.4 Å². The van der Waals surface area contributed by atoms with Crippen LogP contribution in [0.15, 0.2) is 104 Å². The number of hydrogen-bond acceptors (Lipinski definition) is 5. The average Bonchev–Trinajstić information content (AvgIpc) is 3.73. The molecule has 3 aromatic carbocycles. The van der Waals surface area contributed by atoms with Gasteiger partial charge in [0.05, 0.1) is 30.6 Å². The summed E-state index contributed by atoms with van der Waals surface area (Å²) < 4.78 is 6.79. The van der Waals surface area contributed by atoms with E-state index in [9.17, 15) is 14.7 Å². The molecule has 2 unspecified atom stereocenters. The first-order valence-electron chi connectivity index (χ1n) is 16.4. The van der Waals surface area contributed by atoms with Crippen LogP contribution in [0.5, 0.6) is 0 Å². The molecule has 3 saturated heterocycles. The van der Waals surface area contributed by atoms with Gasteiger partial charge in [-0.3, -0.25) is 14.4 Å². The zero-order valence-corrected chi connectivity index (χ0v) is 27.1. The fourth-order valence-corrected chi connectivity index (χ4v) is 8.22. The summed E-state index contributed by atoms with van der Waals surface area (Å²) >= 11 is 0. The number of hydrogen-bond donors (Lipinski definition) is 1. The molecule has 1 spiro atoms. The molecule has 3 aliphatic rings. The smallest absolute Gasteiger partial charge is 0.253 e. The van der Waals surface area contributed by atoms with Crippen molar-refractivity contribution in [1.29, 1.82) is 0 Å². The lowest BCUT2D eigenvalue weighted by Crippen LogP contribution is -2.59. The number of ether oxygens (including phenoxy) is 1. The lowest BCUT2D eigenvalue weighted by Gasteiger charge is -2.40. The van der Waals surface area contributed by atoms with E-state index in [4.69, 9.17) is 4.74 Å². The predicted molar refractivity (Wildman–Crippen MR) is 183 cm³/mol. The second-order valence-corrected chi connectivity index (χ2v) is 12.9. The molecule has 3 aliphatic heterocycles. The van der Waals surface area contributed by atoms with Crippen LogP contribution in [-0.2, 0) is 25.5 Å². The van der Waals surface area contributed by atoms with Crippen molar-refractivity contribution in [2.45, 2.75) is 56.9 Å². The van der Waals surface area contributed by atoms with Gasteiger partial charge in [0.25, 0.3) is 5.91 Å². The van der Waals surface area contributed by atoms with Gasteiger partial charge in [0.15, 0.2) is 0 Å². The van der Waals surface area contributed by atoms with E-state index in [1.165, 1.54) is 0 Å². The minimum atomic E-state index is -1.23. The van der Waals surface area contributed by atoms with Crippen LogP contribution in [0.1, 0.15) is 29.5 Å². The number of nitrogens with zero attached hydrogens (tertiary/aromatic N) is 3. The number of aliphatic hydroxyl groups excluding tert-OH is 1. The molecule has 3 amide bonds. The van der Waals surface area contributed by atoms with Gasteiger partial charge in [0.2, 0.25) is 11.8 Å². The maximum absolute atomic E-state index is 15.1. The molecule has 0 radical (unpaired) electrons. The van der Waals surface area contributed by atoms with Gasteiger partial charge in [0, 0.05) is 24.5 Å². The highest BCUT2D eigenvalue weighted by Gasteiger charge is 2.75. The number of para-hydroxylation sites is 2. The Morgan fingerprint density at radius 2 is 1.55 bits per heavy atom. The number of fused-ring (bicyclic) bond motifs is 1. The number of carbonyl (C=O) groups excluding carboxylic acids is 3. The number of rotatable bonds is 12. The van der Waals surface area contributed by atoms with Gasteiger partial charge in [-0.2, -0.15) is 0 Å². The Kier molecular flexibility index (Phi) is 9.17. The Labute approximate surface area is 276 Å². The molecule has 6 rings (SSSR count). The zero-order chi connectivity index (χ0) is 33.3. The molecule has 8 nitrogen and oxygen atoms in total. The van der Waals surface area contributed by atoms with Gasteiger partial charge < -0.3 is 24.5 Å². The molecule has 1 N–H and O–H groups in total. The Morgan fingerprint density at radius 3 is 2.17 bits per heavy atom. The molecule has 0 saturated carbocycles. The average molecular weight is 634 g/mol. The quantitative estimate of drug-likeness (QED) is 0.283. The lowest BCUT2D eigenvalue weighted by molar-refractivity contribution is -0.144. The molecule has 0 aliphatic carbocycles. The largest absolute Gasteiger partial charge is 0.394 e. The lowest BCUT2D eigenvalue weighted by atomic mass is 9.70. The number of carbonyl (C=O) groups is 3. The number of amides is 3. The van der Waals surface area contributed by atoms with Crippen molar-refractivity contribution in [2.75, 3.05) is 29.5 Å². The fourth-order valence-electron chi connectivity index (χ4n) is 8.22. The van der Waals surface area contributed by atoms with Crippen molar-refractivity contribution in [3.63, 3.8) is 0 Å². The van der Waals surface area contributed by atoms with Crippen molar-refractivity contribution in [3.8, 4) is 0 Å². The Balaban J connectivity index is 1.47. The van der Waals surface area contributed by atoms with E-state index >= 15 is 4.79 Å². The van der Waals surface area contributed by atoms with Crippen LogP contribution >= 0.6 is 0 Å². The number of aryl methyl sites for hydroxylation is 2. The molecule has 3 aromatic rings. The monoisotopic (exact) mass is 633 g/mol. The minimum absolute atomic E-state index is 0.221. The van der Waals surface area contributed by atoms with Crippen molar-refractivity contribution < 1.29 is 24.2 Å². The molecule has 6 atom stereocenters. The molecule has 3 heterocycles. The van der Waals surface area contributed by atoms with E-state index in [2.05, 4.69) is 13.2 Å². The van der Waals surface area contributed by atoms with Crippen LogP contribution in [0, 0.1) is 25.7 Å². The van der Waals surface area contributed by atoms with E-state index in [-0.39, 0.29) is 37.4 Å². The summed E-state index contributed by atoms with van der Waals surface area (Å²) in [4.78, 5) is 49.5. The summed E-state index contributed by atoms with van der Waals surface area (Å²) in [5.41, 5.74) is 3.00. The van der Waals surface area contributed by atoms with Crippen molar-refractivity contribution in [2.24, 2.45) is 11.8 Å². The van der Waals surface area contributed by atoms with E-state index in [0.717, 1.165) is 22.4 Å². The molecular weight excluding hydrogens is 590 g/mol. The van der Waals surface area contributed by atoms with Gasteiger partial charge >= 0.3 is 0 Å². The maximum atomic E-state index is 15.1. The second-order valence-electron chi connectivity index (χ2n) is 12.9. The molecule has 3 fully saturated rings. The van der Waals surface area contributed by atoms with Gasteiger partial charge in [0.1, 0.15) is 11.6 Å². The molecule has 47 heavy (non-hydrogen) atoms. The van der Waals surface area contributed by atoms with Crippen LogP contribution < -0.4 is 9.80 Å². The molecule has 8 heteroatoms. The first-order valence-corrected chi connectivity index (χ1v) is 16.4. The predicted octanol–water partition coefficient (Wildman–Crippen LogP) is 5.02. The molecule has 2 bridgehead atoms. The molecular formula is C39H43N3O5. The third-order valence-electron chi connectivity index (χ3n) is 10.1. The van der Waals surface area contributed by atoms with E-state index in [0.29, 0.717) is 24.9 Å². The number of benzene rings is 3. The van der Waals surface area contributed by atoms with Crippen molar-refractivity contribution >= 4 is 29.1 Å². The van der Waals surface area contributed by atoms with Crippen LogP contribution in [0.2, 0.25) is 0 Å². The minimum Gasteiger partial charge on any atom is -0.394 e. The number of likely N-dealkylation sites (tertiary alicyclic amines) is 1. The van der Waals surface area contributed by atoms with Gasteiger partial charge in [-0.25, -0.2) is 0 Å². The van der Waals surface area contributed by atoms with E-state index in [1.807, 2.05) is 92.7 Å². The highest BCUT2D eigenvalue weighted by molar-refractivity contribution is 6.07. The third kappa shape index (κ3) is 5.49. The van der Waals surface area contributed by atoms with Crippen LogP contribution in [0.4, 0.5) is 11.4 Å². The van der Waals surface area contributed by atoms with Crippen LogP contribution in [0.25, 0.3) is 0 Å². The summed E-state index contributed by atoms with van der Waals surface area (Å²) in [7, 11) is 0. The van der Waals surface area contributed by atoms with Crippen LogP contribution in [0.3, 0.4) is 0 Å². The maximum Gasteiger partial charge on any atom is 0.253 e. The van der Waals surface area contributed by atoms with Crippen molar-refractivity contribution in [3.05, 3.63) is 121 Å². The normalized spacial score (nSPS) is 24.9. The highest BCUT2D eigenvalue weighted by Crippen LogP contribution is 2.59. The summed E-state index contributed by atoms with van der Waals surface area (Å²) in [5, 5.41) is 10.9. The Morgan fingerprint density at radius 1 is 0.936 bits per heavy atom. The fraction of sp³-hybridized carbons (Fsp3) is 0.359. The second kappa shape index (κ2) is 13.3. The van der Waals surface area contributed by atoms with Crippen LogP contribution in [-0.4, -0.2) is 71.2 Å².